The summed E-state index contributed by atoms with van der Waals surface area (Å²) in [5.74, 6) is 0.757. The van der Waals surface area contributed by atoms with Crippen molar-refractivity contribution in [3.63, 3.8) is 0 Å². The molecule has 1 aliphatic heterocycles. The number of carbonyl (C=O) groups excluding carboxylic acids is 2. The number of hydrogen-bond donors (Lipinski definition) is 1. The van der Waals surface area contributed by atoms with Gasteiger partial charge in [-0.1, -0.05) is 62.3 Å². The summed E-state index contributed by atoms with van der Waals surface area (Å²) < 4.78 is 11.0. The molecule has 1 N–H and O–H groups in total. The molecule has 3 aromatic rings. The third-order valence-electron chi connectivity index (χ3n) is 5.79. The molecule has 8 nitrogen and oxygen atoms in total. The van der Waals surface area contributed by atoms with Crippen LogP contribution in [0.25, 0.3) is 11.4 Å². The van der Waals surface area contributed by atoms with E-state index >= 15 is 0 Å². The van der Waals surface area contributed by atoms with E-state index in [9.17, 15) is 9.59 Å². The monoisotopic (exact) mass is 448 g/mol. The second-order valence-corrected chi connectivity index (χ2v) is 9.21. The number of rotatable bonds is 6. The molecule has 1 fully saturated rings. The van der Waals surface area contributed by atoms with Gasteiger partial charge in [-0.2, -0.15) is 4.98 Å². The van der Waals surface area contributed by atoms with Gasteiger partial charge in [-0.15, -0.1) is 0 Å². The van der Waals surface area contributed by atoms with Crippen LogP contribution in [0, 0.1) is 0 Å². The van der Waals surface area contributed by atoms with Crippen molar-refractivity contribution in [3.8, 4) is 17.1 Å². The second kappa shape index (κ2) is 8.35. The smallest absolute Gasteiger partial charge is 0.325 e. The number of ether oxygens (including phenoxy) is 1. The predicted molar refractivity (Wildman–Crippen MR) is 122 cm³/mol. The average molecular weight is 449 g/mol. The Balaban J connectivity index is 1.55. The van der Waals surface area contributed by atoms with Gasteiger partial charge in [0, 0.05) is 0 Å². The Morgan fingerprint density at radius 2 is 1.79 bits per heavy atom. The number of amides is 3. The molecule has 8 heteroatoms. The van der Waals surface area contributed by atoms with E-state index in [-0.39, 0.29) is 23.8 Å². The summed E-state index contributed by atoms with van der Waals surface area (Å²) in [5.41, 5.74) is 1.36. The van der Waals surface area contributed by atoms with Gasteiger partial charge in [0.2, 0.25) is 11.7 Å². The second-order valence-electron chi connectivity index (χ2n) is 9.21. The topological polar surface area (TPSA) is 97.6 Å². The molecule has 0 radical (unpaired) electrons. The Morgan fingerprint density at radius 1 is 1.09 bits per heavy atom. The average Bonchev–Trinajstić information content (AvgIpc) is 3.33. The van der Waals surface area contributed by atoms with Crippen molar-refractivity contribution in [2.24, 2.45) is 0 Å². The number of urea groups is 1. The fourth-order valence-electron chi connectivity index (χ4n) is 3.84. The van der Waals surface area contributed by atoms with Gasteiger partial charge < -0.3 is 14.6 Å². The quantitative estimate of drug-likeness (QED) is 0.562. The number of benzene rings is 2. The Bertz CT molecular complexity index is 1180. The Kier molecular flexibility index (Phi) is 5.69. The lowest BCUT2D eigenvalue weighted by atomic mass is 9.84. The van der Waals surface area contributed by atoms with Crippen molar-refractivity contribution >= 4 is 11.9 Å². The zero-order chi connectivity index (χ0) is 23.8. The van der Waals surface area contributed by atoms with Gasteiger partial charge in [0.15, 0.2) is 0 Å². The first kappa shape index (κ1) is 22.5. The summed E-state index contributed by atoms with van der Waals surface area (Å²) in [6.45, 7) is 10.3. The number of nitrogens with zero attached hydrogens (tertiary/aromatic N) is 3. The van der Waals surface area contributed by atoms with E-state index < -0.39 is 11.6 Å². The van der Waals surface area contributed by atoms with Crippen molar-refractivity contribution in [3.05, 3.63) is 65.5 Å². The summed E-state index contributed by atoms with van der Waals surface area (Å²) in [6, 6.07) is 14.6. The van der Waals surface area contributed by atoms with Gasteiger partial charge in [-0.3, -0.25) is 9.69 Å². The molecule has 2 aromatic carbocycles. The van der Waals surface area contributed by atoms with Crippen LogP contribution in [0.1, 0.15) is 51.6 Å². The maximum atomic E-state index is 13.3. The number of hydrogen-bond acceptors (Lipinski definition) is 6. The lowest BCUT2D eigenvalue weighted by Gasteiger charge is -2.24. The van der Waals surface area contributed by atoms with Crippen LogP contribution in [0.2, 0.25) is 0 Å². The minimum Gasteiger partial charge on any atom is -0.493 e. The molecule has 0 saturated carbocycles. The minimum atomic E-state index is -1.17. The van der Waals surface area contributed by atoms with E-state index in [1.807, 2.05) is 55.5 Å². The number of nitrogens with one attached hydrogen (secondary N) is 1. The van der Waals surface area contributed by atoms with E-state index in [1.54, 1.807) is 6.92 Å². The molecule has 1 aliphatic rings. The molecule has 4 rings (SSSR count). The van der Waals surface area contributed by atoms with Crippen LogP contribution in [0.3, 0.4) is 0 Å². The van der Waals surface area contributed by atoms with E-state index in [1.165, 1.54) is 0 Å². The highest BCUT2D eigenvalue weighted by molar-refractivity contribution is 6.07. The maximum Gasteiger partial charge on any atom is 0.325 e. The normalized spacial score (nSPS) is 18.5. The molecule has 1 saturated heterocycles. The first-order valence-electron chi connectivity index (χ1n) is 10.9. The van der Waals surface area contributed by atoms with Crippen molar-refractivity contribution < 1.29 is 18.8 Å². The SMILES string of the molecule is CCOc1ccccc1-c1noc(CN2C(=O)NC(C)(c3ccc(C(C)(C)C)cc3)C2=O)n1. The Labute approximate surface area is 192 Å². The summed E-state index contributed by atoms with van der Waals surface area (Å²) >= 11 is 0. The zero-order valence-electron chi connectivity index (χ0n) is 19.5. The summed E-state index contributed by atoms with van der Waals surface area (Å²) in [4.78, 5) is 31.5. The predicted octanol–water partition coefficient (Wildman–Crippen LogP) is 4.40. The standard InChI is InChI=1S/C25H28N4O4/c1-6-32-19-10-8-7-9-18(19)21-26-20(33-28-21)15-29-22(30)25(5,27-23(29)31)17-13-11-16(12-14-17)24(2,3)4/h7-14H,6,15H2,1-5H3,(H,27,31). The van der Waals surface area contributed by atoms with Crippen molar-refractivity contribution in [1.29, 1.82) is 0 Å². The highest BCUT2D eigenvalue weighted by atomic mass is 16.5. The number of carbonyl (C=O) groups is 2. The molecular weight excluding hydrogens is 420 g/mol. The van der Waals surface area contributed by atoms with Gasteiger partial charge in [-0.25, -0.2) is 4.79 Å². The Morgan fingerprint density at radius 3 is 2.45 bits per heavy atom. The number of aromatic nitrogens is 2. The third kappa shape index (κ3) is 4.20. The highest BCUT2D eigenvalue weighted by Gasteiger charge is 2.49. The molecule has 1 aromatic heterocycles. The van der Waals surface area contributed by atoms with E-state index in [0.29, 0.717) is 29.3 Å². The number of imide groups is 1. The summed E-state index contributed by atoms with van der Waals surface area (Å²) in [6.07, 6.45) is 0. The highest BCUT2D eigenvalue weighted by Crippen LogP contribution is 2.32. The molecule has 1 unspecified atom stereocenters. The van der Waals surface area contributed by atoms with Crippen LogP contribution >= 0.6 is 0 Å². The minimum absolute atomic E-state index is 0.00907. The molecule has 1 atom stereocenters. The van der Waals surface area contributed by atoms with Gasteiger partial charge in [0.05, 0.1) is 12.2 Å². The van der Waals surface area contributed by atoms with Crippen molar-refractivity contribution in [1.82, 2.24) is 20.4 Å². The molecular formula is C25H28N4O4. The van der Waals surface area contributed by atoms with Crippen LogP contribution in [0.15, 0.2) is 53.1 Å². The van der Waals surface area contributed by atoms with Gasteiger partial charge in [0.25, 0.3) is 5.91 Å². The van der Waals surface area contributed by atoms with Gasteiger partial charge in [0.1, 0.15) is 17.8 Å². The van der Waals surface area contributed by atoms with Gasteiger partial charge in [-0.05, 0) is 42.5 Å². The first-order valence-corrected chi connectivity index (χ1v) is 10.9. The van der Waals surface area contributed by atoms with Crippen molar-refractivity contribution in [2.75, 3.05) is 6.61 Å². The number of para-hydroxylation sites is 1. The molecule has 172 valence electrons. The maximum absolute atomic E-state index is 13.3. The van der Waals surface area contributed by atoms with Crippen LogP contribution in [-0.4, -0.2) is 33.6 Å². The van der Waals surface area contributed by atoms with E-state index in [2.05, 4.69) is 36.2 Å². The lowest BCUT2D eigenvalue weighted by molar-refractivity contribution is -0.131. The third-order valence-corrected chi connectivity index (χ3v) is 5.79. The van der Waals surface area contributed by atoms with Crippen LogP contribution in [0.4, 0.5) is 4.79 Å². The molecule has 0 spiro atoms. The summed E-state index contributed by atoms with van der Waals surface area (Å²) in [7, 11) is 0. The van der Waals surface area contributed by atoms with E-state index in [4.69, 9.17) is 9.26 Å². The molecule has 33 heavy (non-hydrogen) atoms. The van der Waals surface area contributed by atoms with Gasteiger partial charge >= 0.3 is 6.03 Å². The fraction of sp³-hybridized carbons (Fsp3) is 0.360. The largest absolute Gasteiger partial charge is 0.493 e. The van der Waals surface area contributed by atoms with E-state index in [0.717, 1.165) is 10.5 Å². The molecule has 2 heterocycles. The summed E-state index contributed by atoms with van der Waals surface area (Å²) in [5, 5.41) is 6.83. The van der Waals surface area contributed by atoms with Crippen LogP contribution in [-0.2, 0) is 22.3 Å². The fourth-order valence-corrected chi connectivity index (χ4v) is 3.84. The molecule has 3 amide bonds. The Hall–Kier alpha value is -3.68. The van der Waals surface area contributed by atoms with Crippen LogP contribution in [0.5, 0.6) is 5.75 Å². The molecule has 0 bridgehead atoms. The molecule has 0 aliphatic carbocycles. The lowest BCUT2D eigenvalue weighted by Crippen LogP contribution is -2.40. The first-order chi connectivity index (χ1) is 15.6. The van der Waals surface area contributed by atoms with Crippen molar-refractivity contribution in [2.45, 2.75) is 52.1 Å². The zero-order valence-corrected chi connectivity index (χ0v) is 19.5. The van der Waals surface area contributed by atoms with Crippen LogP contribution < -0.4 is 10.1 Å².